The average Bonchev–Trinajstić information content (AvgIpc) is 3.38. The third kappa shape index (κ3) is 6.17. The molecule has 0 saturated heterocycles. The number of hydrogen-bond acceptors (Lipinski definition) is 6. The van der Waals surface area contributed by atoms with Crippen LogP contribution in [0.4, 0.5) is 5.82 Å². The van der Waals surface area contributed by atoms with Crippen LogP contribution in [0, 0.1) is 5.92 Å². The minimum atomic E-state index is -0.420. The van der Waals surface area contributed by atoms with E-state index in [0.29, 0.717) is 18.2 Å². The quantitative estimate of drug-likeness (QED) is 0.446. The molecule has 2 aromatic heterocycles. The summed E-state index contributed by atoms with van der Waals surface area (Å²) >= 11 is 1.61. The molecule has 1 fully saturated rings. The molecule has 0 bridgehead atoms. The number of anilines is 1. The Morgan fingerprint density at radius 1 is 1.08 bits per heavy atom. The fraction of sp³-hybridized carbons (Fsp3) is 0.429. The van der Waals surface area contributed by atoms with Gasteiger partial charge in [0.05, 0.1) is 0 Å². The normalized spacial score (nSPS) is 18.0. The zero-order valence-electron chi connectivity index (χ0n) is 21.5. The Kier molecular flexibility index (Phi) is 7.85. The van der Waals surface area contributed by atoms with Gasteiger partial charge in [-0.05, 0) is 79.5 Å². The third-order valence-corrected chi connectivity index (χ3v) is 7.81. The van der Waals surface area contributed by atoms with Crippen LogP contribution in [-0.4, -0.2) is 40.0 Å². The van der Waals surface area contributed by atoms with Gasteiger partial charge in [0.15, 0.2) is 5.82 Å². The maximum Gasteiger partial charge on any atom is 0.225 e. The molecular weight excluding hydrogens is 470 g/mol. The second-order valence-electron chi connectivity index (χ2n) is 10.4. The highest BCUT2D eigenvalue weighted by molar-refractivity contribution is 7.08. The zero-order chi connectivity index (χ0) is 25.9. The van der Waals surface area contributed by atoms with E-state index in [1.807, 2.05) is 67.6 Å². The number of carbonyl (C=O) groups excluding carboxylic acids is 2. The predicted molar refractivity (Wildman–Crippen MR) is 145 cm³/mol. The van der Waals surface area contributed by atoms with E-state index in [-0.39, 0.29) is 17.9 Å². The van der Waals surface area contributed by atoms with Crippen molar-refractivity contribution >= 4 is 29.0 Å². The first-order valence-electron chi connectivity index (χ1n) is 12.4. The van der Waals surface area contributed by atoms with Crippen LogP contribution in [0.3, 0.4) is 0 Å². The van der Waals surface area contributed by atoms with Gasteiger partial charge >= 0.3 is 0 Å². The van der Waals surface area contributed by atoms with Crippen molar-refractivity contribution in [1.82, 2.24) is 15.1 Å². The van der Waals surface area contributed by atoms with Crippen LogP contribution in [-0.2, 0) is 15.1 Å². The number of rotatable bonds is 7. The number of nitrogens with two attached hydrogens (primary N) is 1. The van der Waals surface area contributed by atoms with Gasteiger partial charge in [-0.25, -0.2) is 0 Å². The van der Waals surface area contributed by atoms with Crippen molar-refractivity contribution in [2.24, 2.45) is 11.7 Å². The number of nitrogens with one attached hydrogen (secondary N) is 1. The van der Waals surface area contributed by atoms with E-state index < -0.39 is 5.54 Å². The Balaban J connectivity index is 1.47. The fourth-order valence-electron chi connectivity index (χ4n) is 4.81. The molecule has 1 aliphatic rings. The summed E-state index contributed by atoms with van der Waals surface area (Å²) < 4.78 is 0. The summed E-state index contributed by atoms with van der Waals surface area (Å²) in [6.45, 7) is 5.56. The van der Waals surface area contributed by atoms with Crippen molar-refractivity contribution in [3.8, 4) is 22.4 Å². The van der Waals surface area contributed by atoms with Crippen LogP contribution in [0.1, 0.15) is 58.4 Å². The van der Waals surface area contributed by atoms with Crippen molar-refractivity contribution < 1.29 is 9.59 Å². The molecule has 4 rings (SSSR count). The summed E-state index contributed by atoms with van der Waals surface area (Å²) in [6.07, 6.45) is 4.20. The van der Waals surface area contributed by atoms with Gasteiger partial charge < -0.3 is 16.0 Å². The maximum atomic E-state index is 12.8. The highest BCUT2D eigenvalue weighted by Gasteiger charge is 2.26. The smallest absolute Gasteiger partial charge is 0.225 e. The first-order valence-corrected chi connectivity index (χ1v) is 13.4. The van der Waals surface area contributed by atoms with Gasteiger partial charge in [0, 0.05) is 43.1 Å². The molecule has 3 aromatic rings. The zero-order valence-corrected chi connectivity index (χ0v) is 22.3. The van der Waals surface area contributed by atoms with Gasteiger partial charge in [-0.2, -0.15) is 11.3 Å². The van der Waals surface area contributed by atoms with Gasteiger partial charge in [-0.3, -0.25) is 9.59 Å². The highest BCUT2D eigenvalue weighted by atomic mass is 32.1. The van der Waals surface area contributed by atoms with Crippen molar-refractivity contribution in [3.05, 3.63) is 52.7 Å². The van der Waals surface area contributed by atoms with Gasteiger partial charge in [0.25, 0.3) is 0 Å². The average molecular weight is 506 g/mol. The third-order valence-electron chi connectivity index (χ3n) is 7.13. The number of benzene rings is 1. The maximum absolute atomic E-state index is 12.8. The lowest BCUT2D eigenvalue weighted by Gasteiger charge is -2.34. The summed E-state index contributed by atoms with van der Waals surface area (Å²) in [7, 11) is 1.86. The summed E-state index contributed by atoms with van der Waals surface area (Å²) in [6, 6.07) is 12.3. The number of aromatic nitrogens is 2. The van der Waals surface area contributed by atoms with E-state index in [1.165, 1.54) is 0 Å². The Labute approximate surface area is 217 Å². The Bertz CT molecular complexity index is 1190. The summed E-state index contributed by atoms with van der Waals surface area (Å²) in [5, 5.41) is 15.9. The van der Waals surface area contributed by atoms with Crippen molar-refractivity contribution in [2.75, 3.05) is 12.4 Å². The molecule has 36 heavy (non-hydrogen) atoms. The molecule has 1 aromatic carbocycles. The standard InChI is InChI=1S/C28H35N5O2S/c1-18(34)33(4)23-11-5-19(6-12-23)15-26(35)30-25-16-24(21-13-14-36-17-21)27(32-31-25)20-7-9-22(10-8-20)28(2,3)29/h7-10,13-14,16-17,19,23H,5-6,11-12,15,29H2,1-4H3,(H,30,31,35). The van der Waals surface area contributed by atoms with E-state index in [2.05, 4.69) is 20.9 Å². The molecule has 3 N–H and O–H groups in total. The topological polar surface area (TPSA) is 101 Å². The van der Waals surface area contributed by atoms with Crippen LogP contribution in [0.25, 0.3) is 22.4 Å². The molecule has 0 spiro atoms. The van der Waals surface area contributed by atoms with E-state index in [4.69, 9.17) is 5.73 Å². The van der Waals surface area contributed by atoms with Crippen molar-refractivity contribution in [2.45, 2.75) is 64.5 Å². The van der Waals surface area contributed by atoms with Crippen LogP contribution < -0.4 is 11.1 Å². The van der Waals surface area contributed by atoms with Gasteiger partial charge in [0.2, 0.25) is 11.8 Å². The summed E-state index contributed by atoms with van der Waals surface area (Å²) in [5.74, 6) is 0.815. The molecular formula is C28H35N5O2S. The highest BCUT2D eigenvalue weighted by Crippen LogP contribution is 2.34. The van der Waals surface area contributed by atoms with Gasteiger partial charge in [0.1, 0.15) is 5.69 Å². The lowest BCUT2D eigenvalue weighted by atomic mass is 9.83. The molecule has 0 aliphatic heterocycles. The molecule has 7 nitrogen and oxygen atoms in total. The van der Waals surface area contributed by atoms with Crippen molar-refractivity contribution in [3.63, 3.8) is 0 Å². The lowest BCUT2D eigenvalue weighted by Crippen LogP contribution is -2.38. The largest absolute Gasteiger partial charge is 0.343 e. The number of thiophene rings is 1. The van der Waals surface area contributed by atoms with Crippen LogP contribution >= 0.6 is 11.3 Å². The molecule has 1 aliphatic carbocycles. The van der Waals surface area contributed by atoms with Gasteiger partial charge in [-0.1, -0.05) is 24.3 Å². The van der Waals surface area contributed by atoms with Crippen LogP contribution in [0.2, 0.25) is 0 Å². The van der Waals surface area contributed by atoms with E-state index in [1.54, 1.807) is 18.3 Å². The summed E-state index contributed by atoms with van der Waals surface area (Å²) in [4.78, 5) is 26.3. The Morgan fingerprint density at radius 2 is 1.78 bits per heavy atom. The predicted octanol–water partition coefficient (Wildman–Crippen LogP) is 5.43. The number of nitrogens with zero attached hydrogens (tertiary/aromatic N) is 3. The molecule has 8 heteroatoms. The second-order valence-corrected chi connectivity index (χ2v) is 11.1. The Hall–Kier alpha value is -3.10. The minimum absolute atomic E-state index is 0.0498. The van der Waals surface area contributed by atoms with Crippen molar-refractivity contribution in [1.29, 1.82) is 0 Å². The SMILES string of the molecule is CC(=O)N(C)C1CCC(CC(=O)Nc2cc(-c3ccsc3)c(-c3ccc(C(C)(C)N)cc3)nn2)CC1. The minimum Gasteiger partial charge on any atom is -0.343 e. The molecule has 0 atom stereocenters. The van der Waals surface area contributed by atoms with E-state index >= 15 is 0 Å². The lowest BCUT2D eigenvalue weighted by molar-refractivity contribution is -0.130. The number of carbonyl (C=O) groups is 2. The van der Waals surface area contributed by atoms with E-state index in [9.17, 15) is 9.59 Å². The van der Waals surface area contributed by atoms with E-state index in [0.717, 1.165) is 53.6 Å². The molecule has 1 saturated carbocycles. The van der Waals surface area contributed by atoms with Crippen LogP contribution in [0.5, 0.6) is 0 Å². The molecule has 0 radical (unpaired) electrons. The molecule has 2 heterocycles. The second kappa shape index (κ2) is 10.9. The number of amides is 2. The number of hydrogen-bond donors (Lipinski definition) is 2. The first-order chi connectivity index (χ1) is 17.1. The Morgan fingerprint density at radius 3 is 2.36 bits per heavy atom. The van der Waals surface area contributed by atoms with Crippen LogP contribution in [0.15, 0.2) is 47.2 Å². The molecule has 2 amide bonds. The summed E-state index contributed by atoms with van der Waals surface area (Å²) in [5.41, 5.74) is 10.5. The van der Waals surface area contributed by atoms with Gasteiger partial charge in [-0.15, -0.1) is 10.2 Å². The molecule has 190 valence electrons. The monoisotopic (exact) mass is 505 g/mol. The molecule has 0 unspecified atom stereocenters. The first kappa shape index (κ1) is 26.0. The fourth-order valence-corrected chi connectivity index (χ4v) is 5.47.